The highest BCUT2D eigenvalue weighted by Crippen LogP contribution is 2.20. The number of piperazine rings is 1. The summed E-state index contributed by atoms with van der Waals surface area (Å²) in [5.41, 5.74) is 2.11. The van der Waals surface area contributed by atoms with Gasteiger partial charge in [0.2, 0.25) is 10.0 Å². The van der Waals surface area contributed by atoms with E-state index in [-0.39, 0.29) is 0 Å². The third-order valence-electron chi connectivity index (χ3n) is 4.87. The molecule has 0 N–H and O–H groups in total. The number of nitrogens with zero attached hydrogens (tertiary/aromatic N) is 2. The first-order chi connectivity index (χ1) is 12.5. The van der Waals surface area contributed by atoms with E-state index < -0.39 is 10.0 Å². The molecule has 0 radical (unpaired) electrons. The molecule has 3 rings (SSSR count). The molecule has 2 aromatic carbocycles. The van der Waals surface area contributed by atoms with E-state index in [1.54, 1.807) is 16.4 Å². The predicted octanol–water partition coefficient (Wildman–Crippen LogP) is 2.69. The molecule has 2 aromatic rings. The molecule has 1 saturated heterocycles. The van der Waals surface area contributed by atoms with Gasteiger partial charge in [-0.25, -0.2) is 8.42 Å². The van der Waals surface area contributed by atoms with Gasteiger partial charge < -0.3 is 4.74 Å². The molecule has 1 fully saturated rings. The highest BCUT2D eigenvalue weighted by atomic mass is 32.2. The van der Waals surface area contributed by atoms with Crippen LogP contribution in [0, 0.1) is 13.8 Å². The molecule has 0 amide bonds. The average molecular weight is 375 g/mol. The van der Waals surface area contributed by atoms with Crippen LogP contribution < -0.4 is 4.74 Å². The van der Waals surface area contributed by atoms with Crippen molar-refractivity contribution in [2.75, 3.05) is 39.3 Å². The van der Waals surface area contributed by atoms with Crippen molar-refractivity contribution < 1.29 is 13.2 Å². The van der Waals surface area contributed by atoms with Gasteiger partial charge in [0, 0.05) is 32.7 Å². The summed E-state index contributed by atoms with van der Waals surface area (Å²) in [6, 6.07) is 15.1. The Bertz CT molecular complexity index is 829. The minimum Gasteiger partial charge on any atom is -0.492 e. The molecule has 140 valence electrons. The summed E-state index contributed by atoms with van der Waals surface area (Å²) < 4.78 is 33.0. The van der Waals surface area contributed by atoms with Crippen molar-refractivity contribution in [3.05, 3.63) is 59.7 Å². The van der Waals surface area contributed by atoms with E-state index in [1.807, 2.05) is 50.2 Å². The Morgan fingerprint density at radius 3 is 2.27 bits per heavy atom. The summed E-state index contributed by atoms with van der Waals surface area (Å²) in [4.78, 5) is 2.64. The first kappa shape index (κ1) is 18.9. The smallest absolute Gasteiger partial charge is 0.243 e. The lowest BCUT2D eigenvalue weighted by molar-refractivity contribution is 0.159. The van der Waals surface area contributed by atoms with E-state index >= 15 is 0 Å². The van der Waals surface area contributed by atoms with Crippen molar-refractivity contribution in [3.8, 4) is 5.75 Å². The third-order valence-corrected chi connectivity index (χ3v) is 6.76. The second kappa shape index (κ2) is 8.20. The highest BCUT2D eigenvalue weighted by Gasteiger charge is 2.28. The molecule has 1 heterocycles. The highest BCUT2D eigenvalue weighted by molar-refractivity contribution is 7.89. The van der Waals surface area contributed by atoms with Gasteiger partial charge in [-0.1, -0.05) is 24.3 Å². The zero-order valence-electron chi connectivity index (χ0n) is 15.4. The van der Waals surface area contributed by atoms with E-state index in [0.717, 1.165) is 36.5 Å². The van der Waals surface area contributed by atoms with Gasteiger partial charge in [-0.15, -0.1) is 0 Å². The van der Waals surface area contributed by atoms with E-state index in [2.05, 4.69) is 4.90 Å². The molecule has 0 bridgehead atoms. The lowest BCUT2D eigenvalue weighted by Gasteiger charge is -2.33. The molecule has 0 aliphatic carbocycles. The molecule has 5 nitrogen and oxygen atoms in total. The number of ether oxygens (including phenoxy) is 1. The maximum absolute atomic E-state index is 12.8. The van der Waals surface area contributed by atoms with Crippen LogP contribution in [-0.4, -0.2) is 57.0 Å². The maximum Gasteiger partial charge on any atom is 0.243 e. The number of rotatable bonds is 6. The SMILES string of the molecule is Cc1ccc(S(=O)(=O)N2CCN(CCOc3ccccc3)CC2)cc1C. The van der Waals surface area contributed by atoms with Gasteiger partial charge >= 0.3 is 0 Å². The fourth-order valence-corrected chi connectivity index (χ4v) is 4.53. The number of hydrogen-bond acceptors (Lipinski definition) is 4. The fraction of sp³-hybridized carbons (Fsp3) is 0.400. The van der Waals surface area contributed by atoms with Crippen LogP contribution in [0.4, 0.5) is 0 Å². The van der Waals surface area contributed by atoms with Gasteiger partial charge in [-0.2, -0.15) is 4.31 Å². The Balaban J connectivity index is 1.52. The zero-order valence-corrected chi connectivity index (χ0v) is 16.2. The van der Waals surface area contributed by atoms with Crippen LogP contribution in [0.3, 0.4) is 0 Å². The van der Waals surface area contributed by atoms with Crippen LogP contribution >= 0.6 is 0 Å². The Morgan fingerprint density at radius 1 is 0.923 bits per heavy atom. The number of sulfonamides is 1. The Hall–Kier alpha value is -1.89. The number of benzene rings is 2. The quantitative estimate of drug-likeness (QED) is 0.780. The monoisotopic (exact) mass is 374 g/mol. The first-order valence-corrected chi connectivity index (χ1v) is 10.4. The van der Waals surface area contributed by atoms with Crippen molar-refractivity contribution in [1.82, 2.24) is 9.21 Å². The molecule has 0 aromatic heterocycles. The topological polar surface area (TPSA) is 49.9 Å². The molecule has 0 spiro atoms. The summed E-state index contributed by atoms with van der Waals surface area (Å²) in [6.45, 7) is 7.81. The van der Waals surface area contributed by atoms with Crippen LogP contribution in [0.1, 0.15) is 11.1 Å². The second-order valence-electron chi connectivity index (χ2n) is 6.65. The largest absolute Gasteiger partial charge is 0.492 e. The van der Waals surface area contributed by atoms with Crippen LogP contribution in [-0.2, 0) is 10.0 Å². The lowest BCUT2D eigenvalue weighted by Crippen LogP contribution is -2.49. The van der Waals surface area contributed by atoms with Crippen molar-refractivity contribution in [2.45, 2.75) is 18.7 Å². The Labute approximate surface area is 156 Å². The summed E-state index contributed by atoms with van der Waals surface area (Å²) >= 11 is 0. The standard InChI is InChI=1S/C20H26N2O3S/c1-17-8-9-20(16-18(17)2)26(23,24)22-12-10-21(11-13-22)14-15-25-19-6-4-3-5-7-19/h3-9,16H,10-15H2,1-2H3. The van der Waals surface area contributed by atoms with Crippen LogP contribution in [0.2, 0.25) is 0 Å². The maximum atomic E-state index is 12.8. The lowest BCUT2D eigenvalue weighted by atomic mass is 10.1. The Morgan fingerprint density at radius 2 is 1.62 bits per heavy atom. The van der Waals surface area contributed by atoms with Gasteiger partial charge in [-0.05, 0) is 49.2 Å². The molecular weight excluding hydrogens is 348 g/mol. The van der Waals surface area contributed by atoms with Gasteiger partial charge in [-0.3, -0.25) is 4.90 Å². The van der Waals surface area contributed by atoms with Crippen LogP contribution in [0.25, 0.3) is 0 Å². The third kappa shape index (κ3) is 4.44. The van der Waals surface area contributed by atoms with Gasteiger partial charge in [0.15, 0.2) is 0 Å². The summed E-state index contributed by atoms with van der Waals surface area (Å²) in [5, 5.41) is 0. The molecule has 26 heavy (non-hydrogen) atoms. The number of aryl methyl sites for hydroxylation is 2. The van der Waals surface area contributed by atoms with E-state index in [1.165, 1.54) is 0 Å². The molecule has 0 atom stereocenters. The summed E-state index contributed by atoms with van der Waals surface area (Å²) in [7, 11) is -3.41. The van der Waals surface area contributed by atoms with Crippen LogP contribution in [0.15, 0.2) is 53.4 Å². The molecular formula is C20H26N2O3S. The molecule has 0 unspecified atom stereocenters. The van der Waals surface area contributed by atoms with Crippen molar-refractivity contribution in [2.24, 2.45) is 0 Å². The second-order valence-corrected chi connectivity index (χ2v) is 8.59. The molecule has 1 aliphatic heterocycles. The minimum absolute atomic E-state index is 0.390. The predicted molar refractivity (Wildman–Crippen MR) is 103 cm³/mol. The van der Waals surface area contributed by atoms with E-state index in [9.17, 15) is 8.42 Å². The van der Waals surface area contributed by atoms with E-state index in [4.69, 9.17) is 4.74 Å². The van der Waals surface area contributed by atoms with Crippen molar-refractivity contribution >= 4 is 10.0 Å². The number of hydrogen-bond donors (Lipinski definition) is 0. The summed E-state index contributed by atoms with van der Waals surface area (Å²) in [5.74, 6) is 0.864. The van der Waals surface area contributed by atoms with Gasteiger partial charge in [0.1, 0.15) is 12.4 Å². The van der Waals surface area contributed by atoms with Gasteiger partial charge in [0.05, 0.1) is 4.90 Å². The fourth-order valence-electron chi connectivity index (χ4n) is 3.03. The molecule has 1 aliphatic rings. The zero-order chi connectivity index (χ0) is 18.6. The first-order valence-electron chi connectivity index (χ1n) is 8.94. The van der Waals surface area contributed by atoms with Gasteiger partial charge in [0.25, 0.3) is 0 Å². The number of para-hydroxylation sites is 1. The Kier molecular flexibility index (Phi) is 5.96. The summed E-state index contributed by atoms with van der Waals surface area (Å²) in [6.07, 6.45) is 0. The van der Waals surface area contributed by atoms with E-state index in [0.29, 0.717) is 24.6 Å². The average Bonchev–Trinajstić information content (AvgIpc) is 2.65. The molecule has 6 heteroatoms. The van der Waals surface area contributed by atoms with Crippen molar-refractivity contribution in [1.29, 1.82) is 0 Å². The van der Waals surface area contributed by atoms with Crippen LogP contribution in [0.5, 0.6) is 5.75 Å². The van der Waals surface area contributed by atoms with Crippen molar-refractivity contribution in [3.63, 3.8) is 0 Å². The normalized spacial score (nSPS) is 16.5. The minimum atomic E-state index is -3.41. The molecule has 0 saturated carbocycles.